The van der Waals surface area contributed by atoms with Crippen LogP contribution < -0.4 is 0 Å². The molecule has 21 heavy (non-hydrogen) atoms. The summed E-state index contributed by atoms with van der Waals surface area (Å²) >= 11 is 1.70. The first-order chi connectivity index (χ1) is 10.1. The van der Waals surface area contributed by atoms with Gasteiger partial charge in [-0.25, -0.2) is 4.98 Å². The number of nitrogens with zero attached hydrogens (tertiary/aromatic N) is 4. The first kappa shape index (κ1) is 14.6. The highest BCUT2D eigenvalue weighted by Gasteiger charge is 2.26. The van der Waals surface area contributed by atoms with Crippen molar-refractivity contribution in [3.63, 3.8) is 0 Å². The van der Waals surface area contributed by atoms with E-state index in [-0.39, 0.29) is 0 Å². The molecule has 2 aromatic rings. The predicted octanol–water partition coefficient (Wildman–Crippen LogP) is 3.50. The van der Waals surface area contributed by atoms with Crippen LogP contribution in [0.15, 0.2) is 18.6 Å². The number of thiazole rings is 1. The van der Waals surface area contributed by atoms with E-state index in [1.165, 1.54) is 12.8 Å². The third kappa shape index (κ3) is 3.14. The Balaban J connectivity index is 1.83. The number of likely N-dealkylation sites (tertiary alicyclic amines) is 1. The van der Waals surface area contributed by atoms with Crippen LogP contribution in [0.4, 0.5) is 0 Å². The molecule has 0 saturated carbocycles. The summed E-state index contributed by atoms with van der Waals surface area (Å²) in [4.78, 5) is 17.3. The van der Waals surface area contributed by atoms with Crippen LogP contribution in [0.3, 0.4) is 0 Å². The maximum Gasteiger partial charge on any atom is 0.104 e. The molecule has 0 spiro atoms. The Kier molecular flexibility index (Phi) is 4.31. The van der Waals surface area contributed by atoms with Gasteiger partial charge in [-0.2, -0.15) is 0 Å². The molecule has 112 valence electrons. The predicted molar refractivity (Wildman–Crippen MR) is 86.6 cm³/mol. The van der Waals surface area contributed by atoms with Gasteiger partial charge < -0.3 is 4.90 Å². The molecule has 0 N–H and O–H groups in total. The van der Waals surface area contributed by atoms with Crippen molar-refractivity contribution in [3.05, 3.63) is 29.3 Å². The smallest absolute Gasteiger partial charge is 0.104 e. The fourth-order valence-corrected chi connectivity index (χ4v) is 3.78. The largest absolute Gasteiger partial charge is 0.301 e. The molecule has 1 saturated heterocycles. The number of hydrogen-bond acceptors (Lipinski definition) is 5. The van der Waals surface area contributed by atoms with Crippen LogP contribution in [0.25, 0.3) is 10.6 Å². The number of aryl methyl sites for hydroxylation is 1. The molecule has 3 rings (SSSR count). The van der Waals surface area contributed by atoms with Crippen molar-refractivity contribution >= 4 is 11.3 Å². The van der Waals surface area contributed by atoms with Gasteiger partial charge in [-0.15, -0.1) is 11.3 Å². The zero-order valence-electron chi connectivity index (χ0n) is 12.9. The zero-order chi connectivity index (χ0) is 14.8. The summed E-state index contributed by atoms with van der Waals surface area (Å²) in [6, 6.07) is 0.636. The van der Waals surface area contributed by atoms with Gasteiger partial charge in [0.2, 0.25) is 0 Å². The maximum atomic E-state index is 4.66. The van der Waals surface area contributed by atoms with E-state index in [0.29, 0.717) is 12.0 Å². The zero-order valence-corrected chi connectivity index (χ0v) is 13.7. The Bertz CT molecular complexity index is 600. The van der Waals surface area contributed by atoms with Crippen LogP contribution in [-0.4, -0.2) is 39.0 Å². The van der Waals surface area contributed by atoms with E-state index in [9.17, 15) is 0 Å². The lowest BCUT2D eigenvalue weighted by atomic mass is 9.91. The van der Waals surface area contributed by atoms with Crippen molar-refractivity contribution in [1.82, 2.24) is 19.9 Å². The molecule has 1 aliphatic heterocycles. The summed E-state index contributed by atoms with van der Waals surface area (Å²) in [7, 11) is 0. The average molecular weight is 302 g/mol. The Labute approximate surface area is 130 Å². The van der Waals surface area contributed by atoms with Crippen LogP contribution >= 0.6 is 11.3 Å². The highest BCUT2D eigenvalue weighted by Crippen LogP contribution is 2.34. The summed E-state index contributed by atoms with van der Waals surface area (Å²) in [5, 5.41) is 1.08. The van der Waals surface area contributed by atoms with E-state index in [0.717, 1.165) is 34.4 Å². The molecule has 0 aliphatic carbocycles. The highest BCUT2D eigenvalue weighted by molar-refractivity contribution is 7.15. The monoisotopic (exact) mass is 302 g/mol. The van der Waals surface area contributed by atoms with Crippen LogP contribution in [0.1, 0.15) is 43.3 Å². The quantitative estimate of drug-likeness (QED) is 0.870. The van der Waals surface area contributed by atoms with Crippen molar-refractivity contribution in [1.29, 1.82) is 0 Å². The van der Waals surface area contributed by atoms with Gasteiger partial charge in [0.15, 0.2) is 0 Å². The SMILES string of the molecule is Cc1ncc(-c2nccnc2C2CCN(C(C)C)CC2)s1. The van der Waals surface area contributed by atoms with Gasteiger partial charge in [-0.05, 0) is 46.7 Å². The van der Waals surface area contributed by atoms with E-state index < -0.39 is 0 Å². The second-order valence-electron chi connectivity index (χ2n) is 5.94. The molecule has 0 unspecified atom stereocenters. The molecule has 1 aliphatic rings. The molecule has 0 amide bonds. The summed E-state index contributed by atoms with van der Waals surface area (Å²) < 4.78 is 0. The second-order valence-corrected chi connectivity index (χ2v) is 7.17. The van der Waals surface area contributed by atoms with Gasteiger partial charge in [0.25, 0.3) is 0 Å². The molecule has 2 aromatic heterocycles. The Hall–Kier alpha value is -1.33. The summed E-state index contributed by atoms with van der Waals surface area (Å²) in [6.07, 6.45) is 7.87. The third-order valence-electron chi connectivity index (χ3n) is 4.23. The molecule has 4 nitrogen and oxygen atoms in total. The van der Waals surface area contributed by atoms with E-state index in [4.69, 9.17) is 0 Å². The van der Waals surface area contributed by atoms with Gasteiger partial charge in [0.05, 0.1) is 15.6 Å². The number of piperidine rings is 1. The fraction of sp³-hybridized carbons (Fsp3) is 0.562. The molecular formula is C16H22N4S. The average Bonchev–Trinajstić information content (AvgIpc) is 2.94. The van der Waals surface area contributed by atoms with E-state index >= 15 is 0 Å². The van der Waals surface area contributed by atoms with Gasteiger partial charge in [0.1, 0.15) is 5.69 Å². The maximum absolute atomic E-state index is 4.66. The van der Waals surface area contributed by atoms with Crippen molar-refractivity contribution in [2.45, 2.75) is 45.6 Å². The third-order valence-corrected chi connectivity index (χ3v) is 5.15. The lowest BCUT2D eigenvalue weighted by molar-refractivity contribution is 0.171. The van der Waals surface area contributed by atoms with E-state index in [1.54, 1.807) is 17.5 Å². The molecule has 0 aromatic carbocycles. The van der Waals surface area contributed by atoms with Crippen LogP contribution in [0.5, 0.6) is 0 Å². The van der Waals surface area contributed by atoms with Crippen LogP contribution in [-0.2, 0) is 0 Å². The fourth-order valence-electron chi connectivity index (χ4n) is 3.00. The van der Waals surface area contributed by atoms with Gasteiger partial charge in [-0.3, -0.25) is 9.97 Å². The molecule has 0 radical (unpaired) electrons. The van der Waals surface area contributed by atoms with Gasteiger partial charge in [0, 0.05) is 30.6 Å². The minimum Gasteiger partial charge on any atom is -0.301 e. The first-order valence-corrected chi connectivity index (χ1v) is 8.44. The Morgan fingerprint density at radius 1 is 1.14 bits per heavy atom. The Morgan fingerprint density at radius 2 is 1.86 bits per heavy atom. The molecule has 5 heteroatoms. The molecule has 1 fully saturated rings. The second kappa shape index (κ2) is 6.20. The normalized spacial score (nSPS) is 17.5. The van der Waals surface area contributed by atoms with Crippen LogP contribution in [0.2, 0.25) is 0 Å². The molecule has 0 atom stereocenters. The molecule has 3 heterocycles. The van der Waals surface area contributed by atoms with Gasteiger partial charge in [-0.1, -0.05) is 0 Å². The summed E-state index contributed by atoms with van der Waals surface area (Å²) in [6.45, 7) is 8.88. The van der Waals surface area contributed by atoms with E-state index in [2.05, 4.69) is 33.7 Å². The van der Waals surface area contributed by atoms with Crippen molar-refractivity contribution < 1.29 is 0 Å². The first-order valence-electron chi connectivity index (χ1n) is 7.63. The van der Waals surface area contributed by atoms with Crippen molar-refractivity contribution in [3.8, 4) is 10.6 Å². The summed E-state index contributed by atoms with van der Waals surface area (Å²) in [5.41, 5.74) is 2.19. The number of rotatable bonds is 3. The lowest BCUT2D eigenvalue weighted by Gasteiger charge is -2.34. The van der Waals surface area contributed by atoms with Gasteiger partial charge >= 0.3 is 0 Å². The topological polar surface area (TPSA) is 41.9 Å². The van der Waals surface area contributed by atoms with Crippen molar-refractivity contribution in [2.24, 2.45) is 0 Å². The van der Waals surface area contributed by atoms with Crippen molar-refractivity contribution in [2.75, 3.05) is 13.1 Å². The van der Waals surface area contributed by atoms with E-state index in [1.807, 2.05) is 19.3 Å². The lowest BCUT2D eigenvalue weighted by Crippen LogP contribution is -2.38. The Morgan fingerprint density at radius 3 is 2.48 bits per heavy atom. The summed E-state index contributed by atoms with van der Waals surface area (Å²) in [5.74, 6) is 0.520. The molecular weight excluding hydrogens is 280 g/mol. The number of hydrogen-bond donors (Lipinski definition) is 0. The standard InChI is InChI=1S/C16H22N4S/c1-11(2)20-8-4-13(5-9-20)15-16(18-7-6-17-15)14-10-19-12(3)21-14/h6-7,10-11,13H,4-5,8-9H2,1-3H3. The minimum atomic E-state index is 0.520. The minimum absolute atomic E-state index is 0.520. The highest BCUT2D eigenvalue weighted by atomic mass is 32.1. The van der Waals surface area contributed by atoms with Crippen LogP contribution in [0, 0.1) is 6.92 Å². The molecule has 0 bridgehead atoms. The number of aromatic nitrogens is 3.